The molecule has 0 atom stereocenters. The molecule has 6 rings (SSSR count). The second kappa shape index (κ2) is 11.1. The molecule has 2 aliphatic carbocycles. The molecule has 1 aliphatic heterocycles. The number of ketones is 2. The first-order valence-corrected chi connectivity index (χ1v) is 15.3. The first kappa shape index (κ1) is 29.4. The summed E-state index contributed by atoms with van der Waals surface area (Å²) in [5.41, 5.74) is 5.54. The average Bonchev–Trinajstić information content (AvgIpc) is 2.93. The molecule has 6 heteroatoms. The van der Waals surface area contributed by atoms with Crippen molar-refractivity contribution >= 4 is 23.2 Å². The van der Waals surface area contributed by atoms with Gasteiger partial charge in [0.1, 0.15) is 18.2 Å². The summed E-state index contributed by atoms with van der Waals surface area (Å²) in [7, 11) is 0. The van der Waals surface area contributed by atoms with E-state index in [0.29, 0.717) is 41.3 Å². The standard InChI is InChI=1S/C37H37ClFNO3/c1-36(2)17-28-34(30(41)19-36)33(27-16-25(38)12-15-32(27)43-22-24-10-13-26(39)14-11-24)35-29(18-37(3,4)20-31(35)42)40(28)21-23-8-6-5-7-9-23/h5-16,33H,17-22H2,1-4H3. The van der Waals surface area contributed by atoms with Crippen LogP contribution in [0.5, 0.6) is 5.75 Å². The summed E-state index contributed by atoms with van der Waals surface area (Å²) < 4.78 is 19.9. The van der Waals surface area contributed by atoms with E-state index in [1.807, 2.05) is 30.3 Å². The van der Waals surface area contributed by atoms with E-state index in [-0.39, 0.29) is 34.8 Å². The lowest BCUT2D eigenvalue weighted by atomic mass is 9.63. The van der Waals surface area contributed by atoms with E-state index in [1.165, 1.54) is 12.1 Å². The predicted molar refractivity (Wildman–Crippen MR) is 167 cm³/mol. The minimum absolute atomic E-state index is 0.0583. The van der Waals surface area contributed by atoms with Crippen LogP contribution >= 0.6 is 11.6 Å². The number of halogens is 2. The van der Waals surface area contributed by atoms with Gasteiger partial charge in [-0.05, 0) is 65.1 Å². The van der Waals surface area contributed by atoms with Gasteiger partial charge in [-0.15, -0.1) is 0 Å². The third-order valence-electron chi connectivity index (χ3n) is 8.80. The van der Waals surface area contributed by atoms with E-state index in [1.54, 1.807) is 18.2 Å². The van der Waals surface area contributed by atoms with Gasteiger partial charge in [-0.2, -0.15) is 0 Å². The molecular weight excluding hydrogens is 561 g/mol. The Balaban J connectivity index is 1.54. The number of benzene rings is 3. The first-order valence-electron chi connectivity index (χ1n) is 14.9. The second-order valence-corrected chi connectivity index (χ2v) is 14.1. The van der Waals surface area contributed by atoms with Crippen molar-refractivity contribution in [2.45, 2.75) is 72.4 Å². The molecule has 0 fully saturated rings. The molecule has 0 N–H and O–H groups in total. The Kier molecular flexibility index (Phi) is 7.58. The predicted octanol–water partition coefficient (Wildman–Crippen LogP) is 8.94. The maximum atomic E-state index is 14.2. The number of allylic oxidation sites excluding steroid dienone is 4. The van der Waals surface area contributed by atoms with Crippen LogP contribution in [0.25, 0.3) is 0 Å². The summed E-state index contributed by atoms with van der Waals surface area (Å²) in [6.07, 6.45) is 2.23. The Bertz CT molecular complexity index is 1600. The molecule has 222 valence electrons. The van der Waals surface area contributed by atoms with E-state index < -0.39 is 5.92 Å². The van der Waals surface area contributed by atoms with Gasteiger partial charge in [0, 0.05) is 58.4 Å². The van der Waals surface area contributed by atoms with Gasteiger partial charge in [-0.3, -0.25) is 9.59 Å². The smallest absolute Gasteiger partial charge is 0.162 e. The maximum absolute atomic E-state index is 14.2. The highest BCUT2D eigenvalue weighted by molar-refractivity contribution is 6.30. The molecule has 3 aromatic carbocycles. The fraction of sp³-hybridized carbons (Fsp3) is 0.351. The van der Waals surface area contributed by atoms with Crippen molar-refractivity contribution in [2.24, 2.45) is 10.8 Å². The summed E-state index contributed by atoms with van der Waals surface area (Å²) in [5, 5.41) is 0.507. The zero-order valence-corrected chi connectivity index (χ0v) is 25.9. The van der Waals surface area contributed by atoms with Gasteiger partial charge < -0.3 is 9.64 Å². The normalized spacial score (nSPS) is 19.8. The SMILES string of the molecule is CC1(C)CC(=O)C2=C(C1)N(Cc1ccccc1)C1=C(C(=O)CC(C)(C)C1)C2c1cc(Cl)ccc1OCc1ccc(F)cc1. The molecule has 0 amide bonds. The quantitative estimate of drug-likeness (QED) is 0.284. The zero-order chi connectivity index (χ0) is 30.5. The van der Waals surface area contributed by atoms with E-state index in [2.05, 4.69) is 44.7 Å². The lowest BCUT2D eigenvalue weighted by Gasteiger charge is -2.49. The zero-order valence-electron chi connectivity index (χ0n) is 25.2. The topological polar surface area (TPSA) is 46.6 Å². The van der Waals surface area contributed by atoms with Gasteiger partial charge in [-0.25, -0.2) is 4.39 Å². The highest BCUT2D eigenvalue weighted by atomic mass is 35.5. The van der Waals surface area contributed by atoms with Crippen LogP contribution in [0.15, 0.2) is 95.3 Å². The Hall–Kier alpha value is -3.70. The van der Waals surface area contributed by atoms with Crippen LogP contribution < -0.4 is 4.74 Å². The lowest BCUT2D eigenvalue weighted by molar-refractivity contribution is -0.119. The Labute approximate surface area is 258 Å². The van der Waals surface area contributed by atoms with Crippen molar-refractivity contribution in [3.8, 4) is 5.75 Å². The van der Waals surface area contributed by atoms with Crippen molar-refractivity contribution in [2.75, 3.05) is 0 Å². The number of carbonyl (C=O) groups is 2. The number of rotatable bonds is 6. The first-order chi connectivity index (χ1) is 20.4. The van der Waals surface area contributed by atoms with Crippen molar-refractivity contribution in [1.82, 2.24) is 4.90 Å². The lowest BCUT2D eigenvalue weighted by Crippen LogP contribution is -2.44. The maximum Gasteiger partial charge on any atom is 0.162 e. The Morgan fingerprint density at radius 1 is 0.791 bits per heavy atom. The van der Waals surface area contributed by atoms with E-state index >= 15 is 0 Å². The van der Waals surface area contributed by atoms with Crippen LogP contribution in [0.2, 0.25) is 5.02 Å². The van der Waals surface area contributed by atoms with Gasteiger partial charge in [0.05, 0.1) is 0 Å². The van der Waals surface area contributed by atoms with Gasteiger partial charge in [0.25, 0.3) is 0 Å². The molecule has 0 spiro atoms. The van der Waals surface area contributed by atoms with Gasteiger partial charge in [-0.1, -0.05) is 81.8 Å². The fourth-order valence-electron chi connectivity index (χ4n) is 6.93. The highest BCUT2D eigenvalue weighted by Gasteiger charge is 2.49. The molecule has 0 saturated carbocycles. The number of hydrogen-bond acceptors (Lipinski definition) is 4. The summed E-state index contributed by atoms with van der Waals surface area (Å²) in [5.74, 6) is -0.212. The van der Waals surface area contributed by atoms with Gasteiger partial charge in [0.2, 0.25) is 0 Å². The van der Waals surface area contributed by atoms with Crippen molar-refractivity contribution in [3.63, 3.8) is 0 Å². The molecule has 0 radical (unpaired) electrons. The number of ether oxygens (including phenoxy) is 1. The van der Waals surface area contributed by atoms with Crippen LogP contribution in [0.4, 0.5) is 4.39 Å². The molecule has 0 saturated heterocycles. The Morgan fingerprint density at radius 2 is 1.37 bits per heavy atom. The van der Waals surface area contributed by atoms with Crippen molar-refractivity contribution in [1.29, 1.82) is 0 Å². The highest BCUT2D eigenvalue weighted by Crippen LogP contribution is 2.56. The molecule has 43 heavy (non-hydrogen) atoms. The minimum Gasteiger partial charge on any atom is -0.489 e. The molecule has 3 aromatic rings. The molecule has 4 nitrogen and oxygen atoms in total. The summed E-state index contributed by atoms with van der Waals surface area (Å²) in [6.45, 7) is 9.35. The molecule has 1 heterocycles. The van der Waals surface area contributed by atoms with Crippen LogP contribution in [-0.4, -0.2) is 16.5 Å². The van der Waals surface area contributed by atoms with E-state index in [9.17, 15) is 14.0 Å². The van der Waals surface area contributed by atoms with Crippen LogP contribution in [0, 0.1) is 16.6 Å². The number of hydrogen-bond donors (Lipinski definition) is 0. The van der Waals surface area contributed by atoms with E-state index in [0.717, 1.165) is 40.9 Å². The number of Topliss-reactive ketones (excluding diaryl/α,β-unsaturated/α-hetero) is 2. The average molecular weight is 598 g/mol. The molecular formula is C37H37ClFNO3. The number of nitrogens with zero attached hydrogens (tertiary/aromatic N) is 1. The third kappa shape index (κ3) is 5.92. The number of carbonyl (C=O) groups excluding carboxylic acids is 2. The largest absolute Gasteiger partial charge is 0.489 e. The molecule has 0 aromatic heterocycles. The summed E-state index contributed by atoms with van der Waals surface area (Å²) >= 11 is 6.61. The molecule has 0 unspecified atom stereocenters. The van der Waals surface area contributed by atoms with Crippen molar-refractivity contribution < 1.29 is 18.7 Å². The van der Waals surface area contributed by atoms with Crippen molar-refractivity contribution in [3.05, 3.63) is 123 Å². The van der Waals surface area contributed by atoms with Gasteiger partial charge in [0.15, 0.2) is 11.6 Å². The van der Waals surface area contributed by atoms with Crippen LogP contribution in [0.1, 0.15) is 76.0 Å². The molecule has 0 bridgehead atoms. The van der Waals surface area contributed by atoms with Crippen LogP contribution in [0.3, 0.4) is 0 Å². The minimum atomic E-state index is -0.578. The van der Waals surface area contributed by atoms with E-state index in [4.69, 9.17) is 16.3 Å². The monoisotopic (exact) mass is 597 g/mol. The second-order valence-electron chi connectivity index (χ2n) is 13.7. The fourth-order valence-corrected chi connectivity index (χ4v) is 7.11. The molecule has 3 aliphatic rings. The van der Waals surface area contributed by atoms with Crippen LogP contribution in [-0.2, 0) is 22.7 Å². The Morgan fingerprint density at radius 3 is 1.95 bits per heavy atom. The van der Waals surface area contributed by atoms with Gasteiger partial charge >= 0.3 is 0 Å². The summed E-state index contributed by atoms with van der Waals surface area (Å²) in [4.78, 5) is 30.7. The summed E-state index contributed by atoms with van der Waals surface area (Å²) in [6, 6.07) is 21.8. The third-order valence-corrected chi connectivity index (χ3v) is 9.03.